The van der Waals surface area contributed by atoms with Gasteiger partial charge in [0.1, 0.15) is 0 Å². The summed E-state index contributed by atoms with van der Waals surface area (Å²) in [6.07, 6.45) is 31.6. The fourth-order valence-electron chi connectivity index (χ4n) is 19.0. The van der Waals surface area contributed by atoms with Crippen LogP contribution in [0.1, 0.15) is 215 Å². The van der Waals surface area contributed by atoms with Crippen LogP contribution in [0.4, 0.5) is 5.69 Å². The van der Waals surface area contributed by atoms with Crippen LogP contribution in [0.15, 0.2) is 128 Å². The molecule has 4 aliphatic carbocycles. The third kappa shape index (κ3) is 17.4. The standard InChI is InChI=1S/C29H35ClN4O2.C21H27ClN2O2.C20H25ClN2O3.C20H24ClNO2/c30-25-10-7-11-26-27(25)24(18-34(26)23-19-36-20-23)28(35)31-21-29(12-5-2-6-13-29)33-16-14-32(15-17-33)22-8-3-1-4-9-22;1-21(2,14-6-3-4-7-14)13-23-20(25)16-10-24(15-11-26-12-15)18-9-5-8-17(22)19(16)18;1-20(25,13-5-2-3-6-13)12-22-19(24)15-9-23(14-10-26-11-14)17-8-4-7-16(21)18(15)17;21-17-7-4-8-18-20(17)16(11-22(18)15-12-24-13-15)19(23)10-9-14-5-2-1-3-6-14/h1,3-4,7-11,18,23H,2,5-6,12-17,19-21H2,(H,31,35);5,8-10,14-15H,3-4,6-7,11-13H2,1-2H3,(H,23,25);4,7-9,13-14,25H,2-3,5-6,10-12H2,1H3,(H,22,24);4,7-8,11,14-15H,1-3,5-6,9-10,12-13H2. The Labute approximate surface area is 678 Å². The Morgan fingerprint density at radius 1 is 0.438 bits per heavy atom. The summed E-state index contributed by atoms with van der Waals surface area (Å²) in [6, 6.07) is 35.0. The summed E-state index contributed by atoms with van der Waals surface area (Å²) < 4.78 is 29.9. The molecule has 9 fully saturated rings. The van der Waals surface area contributed by atoms with Crippen LogP contribution in [-0.2, 0) is 18.9 Å². The van der Waals surface area contributed by atoms with Gasteiger partial charge in [0.15, 0.2) is 5.78 Å². The van der Waals surface area contributed by atoms with Gasteiger partial charge in [0.25, 0.3) is 17.7 Å². The number of nitrogens with zero attached hydrogens (tertiary/aromatic N) is 6. The van der Waals surface area contributed by atoms with Crippen molar-refractivity contribution in [2.75, 3.05) is 104 Å². The van der Waals surface area contributed by atoms with E-state index in [4.69, 9.17) is 65.4 Å². The third-order valence-electron chi connectivity index (χ3n) is 26.3. The number of para-hydroxylation sites is 1. The molecule has 1 atom stereocenters. The zero-order chi connectivity index (χ0) is 77.7. The van der Waals surface area contributed by atoms with Crippen LogP contribution in [-0.4, -0.2) is 162 Å². The van der Waals surface area contributed by atoms with Crippen molar-refractivity contribution in [1.82, 2.24) is 39.1 Å². The maximum atomic E-state index is 13.6. The lowest BCUT2D eigenvalue weighted by Gasteiger charge is -2.50. The summed E-state index contributed by atoms with van der Waals surface area (Å²) in [5, 5.41) is 26.1. The number of amides is 3. The average Bonchev–Trinajstić information content (AvgIpc) is 1.41. The van der Waals surface area contributed by atoms with Crippen molar-refractivity contribution in [2.24, 2.45) is 23.2 Å². The van der Waals surface area contributed by atoms with Crippen LogP contribution in [0.25, 0.3) is 43.6 Å². The highest BCUT2D eigenvalue weighted by molar-refractivity contribution is 6.38. The number of carbonyl (C=O) groups is 4. The van der Waals surface area contributed by atoms with Gasteiger partial charge < -0.3 is 63.2 Å². The van der Waals surface area contributed by atoms with E-state index in [0.29, 0.717) is 121 Å². The minimum atomic E-state index is -0.879. The number of hydrogen-bond acceptors (Lipinski definition) is 11. The van der Waals surface area contributed by atoms with Crippen molar-refractivity contribution in [3.05, 3.63) is 170 Å². The Morgan fingerprint density at radius 3 is 1.23 bits per heavy atom. The molecule has 0 spiro atoms. The molecule has 18 nitrogen and oxygen atoms in total. The van der Waals surface area contributed by atoms with Crippen molar-refractivity contribution in [1.29, 1.82) is 0 Å². The average molecular weight is 1600 g/mol. The monoisotopic (exact) mass is 1600 g/mol. The number of carbonyl (C=O) groups excluding carboxylic acids is 4. The number of piperazine rings is 1. The van der Waals surface area contributed by atoms with Gasteiger partial charge in [-0.2, -0.15) is 0 Å². The largest absolute Gasteiger partial charge is 0.388 e. The lowest BCUT2D eigenvalue weighted by molar-refractivity contribution is -0.0214. The first-order valence-electron chi connectivity index (χ1n) is 41.5. The number of ketones is 1. The van der Waals surface area contributed by atoms with Gasteiger partial charge in [0, 0.05) is 115 Å². The van der Waals surface area contributed by atoms with Gasteiger partial charge in [-0.25, -0.2) is 0 Å². The van der Waals surface area contributed by atoms with E-state index in [1.165, 1.54) is 82.7 Å². The number of fused-ring (bicyclic) bond motifs is 4. The van der Waals surface area contributed by atoms with Crippen LogP contribution in [0, 0.1) is 23.2 Å². The Bertz CT molecular complexity index is 4630. The predicted octanol–water partition coefficient (Wildman–Crippen LogP) is 18.9. The normalized spacial score (nSPS) is 20.2. The maximum Gasteiger partial charge on any atom is 0.253 e. The maximum absolute atomic E-state index is 13.6. The number of nitrogens with one attached hydrogen (secondary N) is 3. The minimum Gasteiger partial charge on any atom is -0.388 e. The van der Waals surface area contributed by atoms with Gasteiger partial charge in [-0.1, -0.05) is 180 Å². The molecular formula is C90H111Cl4N9O9. The lowest BCUT2D eigenvalue weighted by Crippen LogP contribution is -2.62. The summed E-state index contributed by atoms with van der Waals surface area (Å²) in [7, 11) is 0. The molecular weight excluding hydrogens is 1490 g/mol. The minimum absolute atomic E-state index is 0.0278. The highest BCUT2D eigenvalue weighted by Crippen LogP contribution is 2.43. The summed E-state index contributed by atoms with van der Waals surface area (Å²) in [4.78, 5) is 57.5. The zero-order valence-corrected chi connectivity index (χ0v) is 68.3. The first-order chi connectivity index (χ1) is 54.3. The van der Waals surface area contributed by atoms with E-state index in [-0.39, 0.29) is 65.0 Å². The number of Topliss-reactive ketones (excluding diaryl/α,β-unsaturated/α-hetero) is 1. The molecule has 4 saturated carbocycles. The molecule has 5 aliphatic heterocycles. The Balaban J connectivity index is 0.000000120. The molecule has 4 N–H and O–H groups in total. The number of aromatic nitrogens is 4. The second-order valence-electron chi connectivity index (χ2n) is 34.0. The fourth-order valence-corrected chi connectivity index (χ4v) is 20.1. The number of ether oxygens (including phenoxy) is 4. The van der Waals surface area contributed by atoms with Crippen LogP contribution in [0.2, 0.25) is 20.1 Å². The Kier molecular flexibility index (Phi) is 25.6. The first-order valence-corrected chi connectivity index (χ1v) is 43.0. The van der Waals surface area contributed by atoms with E-state index in [9.17, 15) is 24.3 Å². The van der Waals surface area contributed by atoms with Crippen LogP contribution in [0.3, 0.4) is 0 Å². The summed E-state index contributed by atoms with van der Waals surface area (Å²) in [6.45, 7) is 17.5. The number of rotatable bonds is 21. The topological polar surface area (TPSA) is 188 Å². The first kappa shape index (κ1) is 80.3. The van der Waals surface area contributed by atoms with Crippen LogP contribution >= 0.6 is 46.4 Å². The number of halogens is 4. The SMILES string of the molecule is CC(C)(CNC(=O)c1cn(C2COC2)c2cccc(Cl)c12)C1CCCC1.CC(O)(CNC(=O)c1cn(C2COC2)c2cccc(Cl)c12)C1CCCC1.O=C(CCC1CCCCC1)c1cn(C2COC2)c2cccc(Cl)c12.O=C(NCC1(N2CCN(c3ccccc3)CC2)CCCCC1)c1cn(C2COC2)c2cccc(Cl)c12. The molecule has 5 saturated heterocycles. The summed E-state index contributed by atoms with van der Waals surface area (Å²) in [5.41, 5.74) is 7.26. The molecule has 3 amide bonds. The lowest BCUT2D eigenvalue weighted by atomic mass is 9.77. The van der Waals surface area contributed by atoms with E-state index in [2.05, 4.69) is 94.3 Å². The molecule has 4 aromatic heterocycles. The summed E-state index contributed by atoms with van der Waals surface area (Å²) in [5.74, 6) is 1.65. The van der Waals surface area contributed by atoms with Crippen molar-refractivity contribution in [3.63, 3.8) is 0 Å². The van der Waals surface area contributed by atoms with E-state index < -0.39 is 5.60 Å². The van der Waals surface area contributed by atoms with E-state index >= 15 is 0 Å². The Morgan fingerprint density at radius 2 is 0.812 bits per heavy atom. The molecule has 9 aromatic rings. The molecule has 18 rings (SSSR count). The zero-order valence-electron chi connectivity index (χ0n) is 65.3. The highest BCUT2D eigenvalue weighted by atomic mass is 35.5. The van der Waals surface area contributed by atoms with E-state index in [0.717, 1.165) is 126 Å². The van der Waals surface area contributed by atoms with Crippen molar-refractivity contribution >= 4 is 119 Å². The van der Waals surface area contributed by atoms with Crippen molar-refractivity contribution in [3.8, 4) is 0 Å². The van der Waals surface area contributed by atoms with Gasteiger partial charge in [0.2, 0.25) is 0 Å². The molecule has 9 aliphatic rings. The molecule has 0 radical (unpaired) electrons. The van der Waals surface area contributed by atoms with Gasteiger partial charge in [0.05, 0.1) is 141 Å². The molecule has 0 bridgehead atoms. The quantitative estimate of drug-likeness (QED) is 0.0501. The molecule has 5 aromatic carbocycles. The van der Waals surface area contributed by atoms with Gasteiger partial charge in [-0.15, -0.1) is 0 Å². The molecule has 598 valence electrons. The molecule has 112 heavy (non-hydrogen) atoms. The number of anilines is 1. The third-order valence-corrected chi connectivity index (χ3v) is 27.5. The number of aliphatic hydroxyl groups is 1. The predicted molar refractivity (Wildman–Crippen MR) is 449 cm³/mol. The second-order valence-corrected chi connectivity index (χ2v) is 35.6. The van der Waals surface area contributed by atoms with Gasteiger partial charge in [-0.3, -0.25) is 24.1 Å². The fraction of sp³-hybridized carbons (Fsp3) is 0.533. The van der Waals surface area contributed by atoms with Crippen LogP contribution in [0.5, 0.6) is 0 Å². The molecule has 9 heterocycles. The second kappa shape index (κ2) is 35.7. The number of benzene rings is 5. The number of hydrogen-bond donors (Lipinski definition) is 4. The summed E-state index contributed by atoms with van der Waals surface area (Å²) >= 11 is 25.9. The van der Waals surface area contributed by atoms with E-state index in [1.54, 1.807) is 6.07 Å². The van der Waals surface area contributed by atoms with Crippen molar-refractivity contribution < 1.29 is 43.2 Å². The molecule has 22 heteroatoms. The smallest absolute Gasteiger partial charge is 0.253 e. The van der Waals surface area contributed by atoms with E-state index in [1.807, 2.05) is 92.4 Å². The van der Waals surface area contributed by atoms with Gasteiger partial charge in [-0.05, 0) is 136 Å². The highest BCUT2D eigenvalue weighted by Gasteiger charge is 2.42. The van der Waals surface area contributed by atoms with Crippen molar-refractivity contribution in [2.45, 2.75) is 184 Å². The molecule has 1 unspecified atom stereocenters. The van der Waals surface area contributed by atoms with Crippen LogP contribution < -0.4 is 20.9 Å². The Hall–Kier alpha value is -6.94. The van der Waals surface area contributed by atoms with Gasteiger partial charge >= 0.3 is 0 Å².